The van der Waals surface area contributed by atoms with Crippen LogP contribution >= 0.6 is 0 Å². The Kier molecular flexibility index (Phi) is 4.35. The number of nitrogens with zero attached hydrogens (tertiary/aromatic N) is 2. The molecule has 0 heterocycles. The van der Waals surface area contributed by atoms with E-state index in [1.54, 1.807) is 23.9 Å². The summed E-state index contributed by atoms with van der Waals surface area (Å²) in [5.74, 6) is 0. The highest BCUT2D eigenvalue weighted by Gasteiger charge is 2.17. The quantitative estimate of drug-likeness (QED) is 0.766. The lowest BCUT2D eigenvalue weighted by Crippen LogP contribution is -2.42. The average Bonchev–Trinajstić information content (AvgIpc) is 2.28. The van der Waals surface area contributed by atoms with Gasteiger partial charge in [0.1, 0.15) is 0 Å². The molecule has 0 aliphatic carbocycles. The van der Waals surface area contributed by atoms with Gasteiger partial charge in [-0.25, -0.2) is 4.79 Å². The van der Waals surface area contributed by atoms with Gasteiger partial charge in [0.25, 0.3) is 0 Å². The number of likely N-dealkylation sites (N-methyl/N-ethyl adjacent to an activating group) is 1. The smallest absolute Gasteiger partial charge is 0.319 e. The molecule has 3 nitrogen and oxygen atoms in total. The zero-order valence-corrected chi connectivity index (χ0v) is 10.5. The molecule has 3 heteroatoms. The summed E-state index contributed by atoms with van der Waals surface area (Å²) in [5.41, 5.74) is 1.26. The minimum Gasteiger partial charge on any atom is -0.331 e. The summed E-state index contributed by atoms with van der Waals surface area (Å²) >= 11 is 0. The van der Waals surface area contributed by atoms with Crippen molar-refractivity contribution in [3.8, 4) is 0 Å². The molecule has 0 saturated carbocycles. The van der Waals surface area contributed by atoms with Crippen LogP contribution in [0.1, 0.15) is 12.5 Å². The van der Waals surface area contributed by atoms with Crippen LogP contribution in [0, 0.1) is 0 Å². The lowest BCUT2D eigenvalue weighted by Gasteiger charge is -2.28. The highest BCUT2D eigenvalue weighted by atomic mass is 16.2. The number of urea groups is 1. The molecule has 1 rings (SSSR count). The second kappa shape index (κ2) is 5.54. The monoisotopic (exact) mass is 220 g/mol. The van der Waals surface area contributed by atoms with Crippen molar-refractivity contribution in [2.24, 2.45) is 0 Å². The molecule has 0 saturated heterocycles. The second-order valence-corrected chi connectivity index (χ2v) is 4.33. The van der Waals surface area contributed by atoms with E-state index in [-0.39, 0.29) is 12.1 Å². The van der Waals surface area contributed by atoms with E-state index in [1.165, 1.54) is 5.56 Å². The SMILES string of the molecule is C[C@H](Cc1ccccc1)N(C)C(=O)N(C)C. The van der Waals surface area contributed by atoms with Gasteiger partial charge < -0.3 is 9.80 Å². The van der Waals surface area contributed by atoms with Gasteiger partial charge in [0, 0.05) is 27.2 Å². The molecule has 0 bridgehead atoms. The molecule has 0 N–H and O–H groups in total. The second-order valence-electron chi connectivity index (χ2n) is 4.33. The predicted molar refractivity (Wildman–Crippen MR) is 66.5 cm³/mol. The van der Waals surface area contributed by atoms with Gasteiger partial charge in [0.15, 0.2) is 0 Å². The van der Waals surface area contributed by atoms with Crippen LogP contribution in [0.25, 0.3) is 0 Å². The largest absolute Gasteiger partial charge is 0.331 e. The van der Waals surface area contributed by atoms with Gasteiger partial charge in [0.2, 0.25) is 0 Å². The zero-order valence-electron chi connectivity index (χ0n) is 10.5. The van der Waals surface area contributed by atoms with E-state index < -0.39 is 0 Å². The van der Waals surface area contributed by atoms with E-state index in [0.717, 1.165) is 6.42 Å². The van der Waals surface area contributed by atoms with Gasteiger partial charge >= 0.3 is 6.03 Å². The van der Waals surface area contributed by atoms with Crippen molar-refractivity contribution in [2.45, 2.75) is 19.4 Å². The van der Waals surface area contributed by atoms with Crippen LogP contribution in [-0.2, 0) is 6.42 Å². The normalized spacial score (nSPS) is 12.0. The zero-order chi connectivity index (χ0) is 12.1. The molecule has 1 aromatic carbocycles. The first-order valence-corrected chi connectivity index (χ1v) is 5.50. The standard InChI is InChI=1S/C13H20N2O/c1-11(15(4)13(16)14(2)3)10-12-8-6-5-7-9-12/h5-9,11H,10H2,1-4H3/t11-/m1/s1. The Labute approximate surface area is 97.7 Å². The molecule has 0 aliphatic rings. The summed E-state index contributed by atoms with van der Waals surface area (Å²) in [7, 11) is 5.39. The van der Waals surface area contributed by atoms with Crippen LogP contribution in [0.5, 0.6) is 0 Å². The average molecular weight is 220 g/mol. The first-order valence-electron chi connectivity index (χ1n) is 5.50. The molecule has 0 fully saturated rings. The highest BCUT2D eigenvalue weighted by Crippen LogP contribution is 2.08. The van der Waals surface area contributed by atoms with Crippen LogP contribution in [0.4, 0.5) is 4.79 Å². The van der Waals surface area contributed by atoms with Gasteiger partial charge in [-0.15, -0.1) is 0 Å². The third-order valence-corrected chi connectivity index (χ3v) is 2.72. The van der Waals surface area contributed by atoms with E-state index in [0.29, 0.717) is 0 Å². The Morgan fingerprint density at radius 2 is 1.75 bits per heavy atom. The van der Waals surface area contributed by atoms with Gasteiger partial charge in [-0.2, -0.15) is 0 Å². The molecule has 1 atom stereocenters. The lowest BCUT2D eigenvalue weighted by molar-refractivity contribution is 0.167. The molecule has 0 radical (unpaired) electrons. The number of carbonyl (C=O) groups excluding carboxylic acids is 1. The van der Waals surface area contributed by atoms with Crippen molar-refractivity contribution in [1.29, 1.82) is 0 Å². The Morgan fingerprint density at radius 1 is 1.19 bits per heavy atom. The van der Waals surface area contributed by atoms with E-state index in [9.17, 15) is 4.79 Å². The maximum atomic E-state index is 11.7. The van der Waals surface area contributed by atoms with Crippen LogP contribution in [0.15, 0.2) is 30.3 Å². The van der Waals surface area contributed by atoms with Crippen molar-refractivity contribution in [2.75, 3.05) is 21.1 Å². The molecule has 16 heavy (non-hydrogen) atoms. The van der Waals surface area contributed by atoms with Gasteiger partial charge in [-0.1, -0.05) is 30.3 Å². The molecule has 0 aliphatic heterocycles. The molecular formula is C13H20N2O. The number of carbonyl (C=O) groups is 1. The summed E-state index contributed by atoms with van der Waals surface area (Å²) in [5, 5.41) is 0. The summed E-state index contributed by atoms with van der Waals surface area (Å²) in [6.45, 7) is 2.06. The fourth-order valence-electron chi connectivity index (χ4n) is 1.60. The van der Waals surface area contributed by atoms with Crippen molar-refractivity contribution >= 4 is 6.03 Å². The first kappa shape index (κ1) is 12.6. The Bertz CT molecular complexity index is 335. The highest BCUT2D eigenvalue weighted by molar-refractivity contribution is 5.73. The third kappa shape index (κ3) is 3.26. The minimum atomic E-state index is 0.0448. The number of hydrogen-bond donors (Lipinski definition) is 0. The van der Waals surface area contributed by atoms with Crippen LogP contribution in [-0.4, -0.2) is 43.0 Å². The lowest BCUT2D eigenvalue weighted by atomic mass is 10.1. The molecular weight excluding hydrogens is 200 g/mol. The van der Waals surface area contributed by atoms with Crippen LogP contribution in [0.3, 0.4) is 0 Å². The number of amides is 2. The van der Waals surface area contributed by atoms with Gasteiger partial charge in [-0.05, 0) is 18.9 Å². The Balaban J connectivity index is 2.59. The van der Waals surface area contributed by atoms with E-state index in [1.807, 2.05) is 25.2 Å². The van der Waals surface area contributed by atoms with Crippen LogP contribution in [0.2, 0.25) is 0 Å². The minimum absolute atomic E-state index is 0.0448. The molecule has 88 valence electrons. The fraction of sp³-hybridized carbons (Fsp3) is 0.462. The summed E-state index contributed by atoms with van der Waals surface area (Å²) < 4.78 is 0. The Hall–Kier alpha value is -1.51. The fourth-order valence-corrected chi connectivity index (χ4v) is 1.60. The topological polar surface area (TPSA) is 23.6 Å². The summed E-state index contributed by atoms with van der Waals surface area (Å²) in [6.07, 6.45) is 0.886. The molecule has 0 unspecified atom stereocenters. The maximum Gasteiger partial charge on any atom is 0.319 e. The van der Waals surface area contributed by atoms with Gasteiger partial charge in [0.05, 0.1) is 0 Å². The molecule has 0 aromatic heterocycles. The van der Waals surface area contributed by atoms with E-state index in [2.05, 4.69) is 19.1 Å². The number of benzene rings is 1. The summed E-state index contributed by atoms with van der Waals surface area (Å²) in [6, 6.07) is 10.5. The van der Waals surface area contributed by atoms with Crippen molar-refractivity contribution in [1.82, 2.24) is 9.80 Å². The van der Waals surface area contributed by atoms with Crippen molar-refractivity contribution < 1.29 is 4.79 Å². The third-order valence-electron chi connectivity index (χ3n) is 2.72. The van der Waals surface area contributed by atoms with Crippen molar-refractivity contribution in [3.63, 3.8) is 0 Å². The number of hydrogen-bond acceptors (Lipinski definition) is 1. The molecule has 0 spiro atoms. The maximum absolute atomic E-state index is 11.7. The summed E-state index contributed by atoms with van der Waals surface area (Å²) in [4.78, 5) is 15.1. The Morgan fingerprint density at radius 3 is 2.25 bits per heavy atom. The predicted octanol–water partition coefficient (Wildman–Crippen LogP) is 2.23. The molecule has 2 amide bonds. The van der Waals surface area contributed by atoms with Crippen LogP contribution < -0.4 is 0 Å². The van der Waals surface area contributed by atoms with Gasteiger partial charge in [-0.3, -0.25) is 0 Å². The first-order chi connectivity index (χ1) is 7.52. The number of rotatable bonds is 3. The van der Waals surface area contributed by atoms with E-state index in [4.69, 9.17) is 0 Å². The van der Waals surface area contributed by atoms with E-state index >= 15 is 0 Å². The van der Waals surface area contributed by atoms with Crippen molar-refractivity contribution in [3.05, 3.63) is 35.9 Å². The molecule has 1 aromatic rings.